The van der Waals surface area contributed by atoms with Gasteiger partial charge in [-0.15, -0.1) is 0 Å². The van der Waals surface area contributed by atoms with E-state index in [0.29, 0.717) is 6.61 Å². The van der Waals surface area contributed by atoms with Crippen LogP contribution in [0.1, 0.15) is 5.56 Å². The molecule has 0 aromatic heterocycles. The Morgan fingerprint density at radius 2 is 1.88 bits per heavy atom. The Hall–Kier alpha value is -1.03. The fourth-order valence-corrected chi connectivity index (χ4v) is 3.40. The SMILES string of the molecule is CO[C@H]1O[C@H](COCc2ccccc2)[C@@H](OS(C)(=O)=O)[C@@H]1N(C)C. The molecule has 0 unspecified atom stereocenters. The first-order valence-corrected chi connectivity index (χ1v) is 9.48. The third-order valence-electron chi connectivity index (χ3n) is 3.80. The lowest BCUT2D eigenvalue weighted by atomic mass is 10.1. The van der Waals surface area contributed by atoms with Crippen molar-refractivity contribution in [2.24, 2.45) is 0 Å². The third kappa shape index (κ3) is 5.23. The fourth-order valence-electron chi connectivity index (χ4n) is 2.76. The second kappa shape index (κ2) is 8.37. The summed E-state index contributed by atoms with van der Waals surface area (Å²) in [6.45, 7) is 0.621. The van der Waals surface area contributed by atoms with E-state index in [-0.39, 0.29) is 12.6 Å². The summed E-state index contributed by atoms with van der Waals surface area (Å²) < 4.78 is 45.3. The van der Waals surface area contributed by atoms with Crippen LogP contribution in [0.25, 0.3) is 0 Å². The maximum atomic E-state index is 11.6. The van der Waals surface area contributed by atoms with Gasteiger partial charge in [-0.05, 0) is 19.7 Å². The molecule has 4 atom stereocenters. The molecule has 24 heavy (non-hydrogen) atoms. The van der Waals surface area contributed by atoms with Gasteiger partial charge in [0.2, 0.25) is 0 Å². The molecule has 0 radical (unpaired) electrons. The number of nitrogens with zero attached hydrogens (tertiary/aromatic N) is 1. The van der Waals surface area contributed by atoms with Gasteiger partial charge in [0.05, 0.1) is 25.5 Å². The van der Waals surface area contributed by atoms with E-state index in [2.05, 4.69) is 0 Å². The van der Waals surface area contributed by atoms with Crippen LogP contribution < -0.4 is 0 Å². The monoisotopic (exact) mass is 359 g/mol. The summed E-state index contributed by atoms with van der Waals surface area (Å²) in [7, 11) is 1.54. The summed E-state index contributed by atoms with van der Waals surface area (Å²) in [5.41, 5.74) is 1.03. The maximum absolute atomic E-state index is 11.6. The highest BCUT2D eigenvalue weighted by molar-refractivity contribution is 7.86. The molecular weight excluding hydrogens is 334 g/mol. The number of likely N-dealkylation sites (N-methyl/N-ethyl adjacent to an activating group) is 1. The van der Waals surface area contributed by atoms with Crippen molar-refractivity contribution in [2.75, 3.05) is 34.1 Å². The molecule has 0 saturated carbocycles. The summed E-state index contributed by atoms with van der Waals surface area (Å²) >= 11 is 0. The highest BCUT2D eigenvalue weighted by Gasteiger charge is 2.48. The Labute approximate surface area is 143 Å². The minimum atomic E-state index is -3.63. The highest BCUT2D eigenvalue weighted by Crippen LogP contribution is 2.29. The van der Waals surface area contributed by atoms with Crippen LogP contribution in [0.3, 0.4) is 0 Å². The van der Waals surface area contributed by atoms with Crippen LogP contribution in [-0.2, 0) is 35.1 Å². The third-order valence-corrected chi connectivity index (χ3v) is 4.37. The van der Waals surface area contributed by atoms with Gasteiger partial charge in [-0.3, -0.25) is 9.08 Å². The number of ether oxygens (including phenoxy) is 3. The lowest BCUT2D eigenvalue weighted by molar-refractivity contribution is -0.145. The van der Waals surface area contributed by atoms with E-state index < -0.39 is 28.6 Å². The zero-order valence-corrected chi connectivity index (χ0v) is 15.2. The zero-order chi connectivity index (χ0) is 17.7. The van der Waals surface area contributed by atoms with E-state index in [1.807, 2.05) is 49.3 Å². The molecule has 1 heterocycles. The first kappa shape index (κ1) is 19.3. The molecule has 1 fully saturated rings. The largest absolute Gasteiger partial charge is 0.374 e. The standard InChI is InChI=1S/C16H25NO6S/c1-17(2)14-15(23-24(4,18)19)13(22-16(14)20-3)11-21-10-12-8-6-5-7-9-12/h5-9,13-16H,10-11H2,1-4H3/t13-,14+,15-,16+/m1/s1. The summed E-state index contributed by atoms with van der Waals surface area (Å²) in [6.07, 6.45) is -0.796. The fraction of sp³-hybridized carbons (Fsp3) is 0.625. The van der Waals surface area contributed by atoms with Gasteiger partial charge in [0.1, 0.15) is 12.2 Å². The van der Waals surface area contributed by atoms with Gasteiger partial charge < -0.3 is 14.2 Å². The minimum absolute atomic E-state index is 0.208. The molecule has 0 amide bonds. The molecule has 136 valence electrons. The molecule has 0 bridgehead atoms. The Morgan fingerprint density at radius 1 is 1.21 bits per heavy atom. The van der Waals surface area contributed by atoms with E-state index in [1.54, 1.807) is 0 Å². The lowest BCUT2D eigenvalue weighted by Gasteiger charge is -2.28. The van der Waals surface area contributed by atoms with Crippen LogP contribution in [0.2, 0.25) is 0 Å². The summed E-state index contributed by atoms with van der Waals surface area (Å²) in [4.78, 5) is 1.83. The molecular formula is C16H25NO6S. The van der Waals surface area contributed by atoms with Crippen molar-refractivity contribution in [3.05, 3.63) is 35.9 Å². The van der Waals surface area contributed by atoms with Crippen LogP contribution in [0.4, 0.5) is 0 Å². The summed E-state index contributed by atoms with van der Waals surface area (Å²) in [6, 6.07) is 9.37. The molecule has 1 aliphatic rings. The average molecular weight is 359 g/mol. The van der Waals surface area contributed by atoms with Crippen molar-refractivity contribution in [3.8, 4) is 0 Å². The highest BCUT2D eigenvalue weighted by atomic mass is 32.2. The van der Waals surface area contributed by atoms with E-state index in [1.165, 1.54) is 7.11 Å². The predicted molar refractivity (Wildman–Crippen MR) is 89.0 cm³/mol. The van der Waals surface area contributed by atoms with Gasteiger partial charge in [0, 0.05) is 7.11 Å². The van der Waals surface area contributed by atoms with E-state index in [0.717, 1.165) is 11.8 Å². The Balaban J connectivity index is 2.04. The van der Waals surface area contributed by atoms with E-state index in [4.69, 9.17) is 18.4 Å². The second-order valence-electron chi connectivity index (χ2n) is 6.00. The molecule has 8 heteroatoms. The van der Waals surface area contributed by atoms with Crippen molar-refractivity contribution in [2.45, 2.75) is 31.1 Å². The molecule has 0 N–H and O–H groups in total. The smallest absolute Gasteiger partial charge is 0.264 e. The minimum Gasteiger partial charge on any atom is -0.374 e. The molecule has 0 aliphatic carbocycles. The molecule has 2 rings (SSSR count). The molecule has 1 aromatic carbocycles. The van der Waals surface area contributed by atoms with Crippen LogP contribution in [0.5, 0.6) is 0 Å². The van der Waals surface area contributed by atoms with Crippen LogP contribution >= 0.6 is 0 Å². The summed E-state index contributed by atoms with van der Waals surface area (Å²) in [5.74, 6) is 0. The van der Waals surface area contributed by atoms with Gasteiger partial charge >= 0.3 is 0 Å². The quantitative estimate of drug-likeness (QED) is 0.637. The van der Waals surface area contributed by atoms with Crippen molar-refractivity contribution >= 4 is 10.1 Å². The lowest BCUT2D eigenvalue weighted by Crippen LogP contribution is -2.47. The van der Waals surface area contributed by atoms with E-state index >= 15 is 0 Å². The zero-order valence-electron chi connectivity index (χ0n) is 14.4. The topological polar surface area (TPSA) is 74.3 Å². The number of rotatable bonds is 8. The van der Waals surface area contributed by atoms with Crippen LogP contribution in [-0.4, -0.2) is 71.9 Å². The number of hydrogen-bond acceptors (Lipinski definition) is 7. The first-order chi connectivity index (χ1) is 11.3. The second-order valence-corrected chi connectivity index (χ2v) is 7.60. The molecule has 1 aliphatic heterocycles. The predicted octanol–water partition coefficient (Wildman–Crippen LogP) is 0.849. The van der Waals surface area contributed by atoms with Gasteiger partial charge in [0.15, 0.2) is 6.29 Å². The Kier molecular flexibility index (Phi) is 6.73. The van der Waals surface area contributed by atoms with Crippen molar-refractivity contribution in [1.29, 1.82) is 0 Å². The number of hydrogen-bond donors (Lipinski definition) is 0. The molecule has 0 spiro atoms. The van der Waals surface area contributed by atoms with Crippen LogP contribution in [0.15, 0.2) is 30.3 Å². The Bertz CT molecular complexity index is 606. The molecule has 1 saturated heterocycles. The number of methoxy groups -OCH3 is 1. The van der Waals surface area contributed by atoms with E-state index in [9.17, 15) is 8.42 Å². The van der Waals surface area contributed by atoms with Gasteiger partial charge in [-0.1, -0.05) is 30.3 Å². The van der Waals surface area contributed by atoms with Crippen molar-refractivity contribution in [1.82, 2.24) is 4.90 Å². The molecule has 7 nitrogen and oxygen atoms in total. The maximum Gasteiger partial charge on any atom is 0.264 e. The van der Waals surface area contributed by atoms with Crippen molar-refractivity contribution < 1.29 is 26.8 Å². The van der Waals surface area contributed by atoms with Gasteiger partial charge in [0.25, 0.3) is 10.1 Å². The normalized spacial score (nSPS) is 27.7. The molecule has 1 aromatic rings. The first-order valence-electron chi connectivity index (χ1n) is 7.66. The number of benzene rings is 1. The van der Waals surface area contributed by atoms with Gasteiger partial charge in [-0.25, -0.2) is 0 Å². The Morgan fingerprint density at radius 3 is 2.42 bits per heavy atom. The van der Waals surface area contributed by atoms with Gasteiger partial charge in [-0.2, -0.15) is 8.42 Å². The van der Waals surface area contributed by atoms with Crippen LogP contribution in [0, 0.1) is 0 Å². The van der Waals surface area contributed by atoms with Crippen molar-refractivity contribution in [3.63, 3.8) is 0 Å². The summed E-state index contributed by atoms with van der Waals surface area (Å²) in [5, 5.41) is 0. The average Bonchev–Trinajstić information content (AvgIpc) is 2.84.